The second-order valence-corrected chi connectivity index (χ2v) is 1.90. The fraction of sp³-hybridized carbons (Fsp3) is 0.250. The van der Waals surface area contributed by atoms with Gasteiger partial charge in [-0.3, -0.25) is 0 Å². The van der Waals surface area contributed by atoms with Gasteiger partial charge < -0.3 is 11.5 Å². The highest BCUT2D eigenvalue weighted by Crippen LogP contribution is 2.01. The molecule has 0 fully saturated rings. The summed E-state index contributed by atoms with van der Waals surface area (Å²) < 4.78 is 0. The van der Waals surface area contributed by atoms with E-state index in [1.54, 1.807) is 6.08 Å². The van der Waals surface area contributed by atoms with Crippen LogP contribution in [0.5, 0.6) is 0 Å². The van der Waals surface area contributed by atoms with Crippen molar-refractivity contribution < 1.29 is 0 Å². The Kier molecular flexibility index (Phi) is 5.48. The smallest absolute Gasteiger partial charge is 0.0119 e. The van der Waals surface area contributed by atoms with Crippen LogP contribution in [0.4, 0.5) is 0 Å². The maximum atomic E-state index is 5.33. The predicted octanol–water partition coefficient (Wildman–Crippen LogP) is 0.920. The van der Waals surface area contributed by atoms with Crippen LogP contribution >= 0.6 is 0 Å². The zero-order valence-corrected chi connectivity index (χ0v) is 6.09. The van der Waals surface area contributed by atoms with E-state index in [1.807, 2.05) is 18.2 Å². The van der Waals surface area contributed by atoms with Gasteiger partial charge in [-0.05, 0) is 6.08 Å². The molecule has 0 aromatic carbocycles. The molecule has 0 aromatic heterocycles. The van der Waals surface area contributed by atoms with Crippen LogP contribution in [0.25, 0.3) is 0 Å². The first-order chi connectivity index (χ1) is 4.81. The van der Waals surface area contributed by atoms with Gasteiger partial charge in [-0.1, -0.05) is 18.2 Å². The van der Waals surface area contributed by atoms with E-state index >= 15 is 0 Å². The zero-order valence-electron chi connectivity index (χ0n) is 6.09. The first-order valence-electron chi connectivity index (χ1n) is 3.23. The Balaban J connectivity index is 0.000000180. The van der Waals surface area contributed by atoms with Crippen LogP contribution in [0.2, 0.25) is 0 Å². The Morgan fingerprint density at radius 2 is 2.30 bits per heavy atom. The minimum Gasteiger partial charge on any atom is -0.402 e. The zero-order chi connectivity index (χ0) is 7.82. The monoisotopic (exact) mass is 138 g/mol. The molecule has 0 bridgehead atoms. The second kappa shape index (κ2) is 6.11. The fourth-order valence-electron chi connectivity index (χ4n) is 0.464. The van der Waals surface area contributed by atoms with E-state index in [0.717, 1.165) is 12.1 Å². The summed E-state index contributed by atoms with van der Waals surface area (Å²) in [6, 6.07) is 0. The molecule has 0 aromatic rings. The van der Waals surface area contributed by atoms with Gasteiger partial charge in [0.05, 0.1) is 0 Å². The Morgan fingerprint density at radius 3 is 2.40 bits per heavy atom. The van der Waals surface area contributed by atoms with E-state index in [9.17, 15) is 0 Å². The highest BCUT2D eigenvalue weighted by Gasteiger charge is 1.86. The lowest BCUT2D eigenvalue weighted by atomic mass is 10.4. The van der Waals surface area contributed by atoms with E-state index in [2.05, 4.69) is 6.58 Å². The maximum absolute atomic E-state index is 5.33. The van der Waals surface area contributed by atoms with Crippen molar-refractivity contribution in [2.75, 3.05) is 6.54 Å². The van der Waals surface area contributed by atoms with Gasteiger partial charge in [-0.15, -0.1) is 6.58 Å². The fourth-order valence-corrected chi connectivity index (χ4v) is 0.464. The molecule has 0 heterocycles. The third kappa shape index (κ3) is 5.12. The number of hydrogen-bond donors (Lipinski definition) is 2. The van der Waals surface area contributed by atoms with Crippen molar-refractivity contribution in [3.8, 4) is 0 Å². The molecule has 4 N–H and O–H groups in total. The molecular weight excluding hydrogens is 124 g/mol. The average molecular weight is 138 g/mol. The van der Waals surface area contributed by atoms with Gasteiger partial charge >= 0.3 is 0 Å². The highest BCUT2D eigenvalue weighted by molar-refractivity contribution is 5.19. The lowest BCUT2D eigenvalue weighted by Gasteiger charge is -1.80. The first kappa shape index (κ1) is 8.98. The molecule has 2 nitrogen and oxygen atoms in total. The van der Waals surface area contributed by atoms with Gasteiger partial charge in [-0.2, -0.15) is 0 Å². The second-order valence-electron chi connectivity index (χ2n) is 1.90. The quantitative estimate of drug-likeness (QED) is 0.529. The summed E-state index contributed by atoms with van der Waals surface area (Å²) in [6.45, 7) is 3.94. The Bertz CT molecular complexity index is 145. The van der Waals surface area contributed by atoms with Crippen molar-refractivity contribution in [3.63, 3.8) is 0 Å². The molecule has 0 spiro atoms. The third-order valence-electron chi connectivity index (χ3n) is 0.967. The average Bonchev–Trinajstić information content (AvgIpc) is 2.40. The van der Waals surface area contributed by atoms with Crippen LogP contribution in [0, 0.1) is 0 Å². The third-order valence-corrected chi connectivity index (χ3v) is 0.967. The molecule has 56 valence electrons. The lowest BCUT2D eigenvalue weighted by molar-refractivity contribution is 1.20. The summed E-state index contributed by atoms with van der Waals surface area (Å²) in [6.07, 6.45) is 8.52. The summed E-state index contributed by atoms with van der Waals surface area (Å²) in [5.41, 5.74) is 11.2. The van der Waals surface area contributed by atoms with Crippen LogP contribution in [0.3, 0.4) is 0 Å². The number of hydrogen-bond acceptors (Lipinski definition) is 2. The number of nitrogens with two attached hydrogens (primary N) is 2. The highest BCUT2D eigenvalue weighted by atomic mass is 14.6. The minimum atomic E-state index is 0.583. The summed E-state index contributed by atoms with van der Waals surface area (Å²) >= 11 is 0. The normalized spacial score (nSPS) is 13.5. The van der Waals surface area contributed by atoms with Crippen molar-refractivity contribution in [3.05, 3.63) is 36.6 Å². The molecule has 1 aliphatic rings. The maximum Gasteiger partial charge on any atom is 0.0119 e. The van der Waals surface area contributed by atoms with Crippen molar-refractivity contribution >= 4 is 0 Å². The van der Waals surface area contributed by atoms with Crippen LogP contribution < -0.4 is 11.5 Å². The Hall–Kier alpha value is -1.02. The molecule has 1 aliphatic carbocycles. The Labute approximate surface area is 61.9 Å². The minimum absolute atomic E-state index is 0.583. The van der Waals surface area contributed by atoms with E-state index in [4.69, 9.17) is 11.5 Å². The van der Waals surface area contributed by atoms with Gasteiger partial charge in [0, 0.05) is 18.7 Å². The molecular formula is C8H14N2. The molecule has 0 atom stereocenters. The summed E-state index contributed by atoms with van der Waals surface area (Å²) in [7, 11) is 0. The van der Waals surface area contributed by atoms with E-state index < -0.39 is 0 Å². The van der Waals surface area contributed by atoms with Gasteiger partial charge in [0.2, 0.25) is 0 Å². The van der Waals surface area contributed by atoms with Crippen molar-refractivity contribution in [2.45, 2.75) is 6.42 Å². The molecule has 0 aliphatic heterocycles. The largest absolute Gasteiger partial charge is 0.402 e. The lowest BCUT2D eigenvalue weighted by Crippen LogP contribution is -1.90. The summed E-state index contributed by atoms with van der Waals surface area (Å²) in [4.78, 5) is 0. The van der Waals surface area contributed by atoms with Crippen LogP contribution in [-0.2, 0) is 0 Å². The summed E-state index contributed by atoms with van der Waals surface area (Å²) in [5.74, 6) is 0. The molecule has 0 amide bonds. The van der Waals surface area contributed by atoms with Crippen molar-refractivity contribution in [2.24, 2.45) is 11.5 Å². The standard InChI is InChI=1S/C5H7N.C3H7N/c6-5-3-1-2-4-5;1-2-3-4/h1-3H,4,6H2;2H,1,3-4H2. The molecule has 0 unspecified atom stereocenters. The van der Waals surface area contributed by atoms with E-state index in [1.165, 1.54) is 0 Å². The molecule has 2 heteroatoms. The summed E-state index contributed by atoms with van der Waals surface area (Å²) in [5, 5.41) is 0. The number of rotatable bonds is 1. The van der Waals surface area contributed by atoms with Crippen LogP contribution in [0.1, 0.15) is 6.42 Å². The van der Waals surface area contributed by atoms with Gasteiger partial charge in [-0.25, -0.2) is 0 Å². The van der Waals surface area contributed by atoms with Gasteiger partial charge in [0.15, 0.2) is 0 Å². The molecule has 0 saturated carbocycles. The van der Waals surface area contributed by atoms with Gasteiger partial charge in [0.25, 0.3) is 0 Å². The Morgan fingerprint density at radius 1 is 1.70 bits per heavy atom. The molecule has 0 saturated heterocycles. The van der Waals surface area contributed by atoms with Crippen LogP contribution in [-0.4, -0.2) is 6.54 Å². The van der Waals surface area contributed by atoms with Crippen LogP contribution in [0.15, 0.2) is 36.6 Å². The van der Waals surface area contributed by atoms with Gasteiger partial charge in [0.1, 0.15) is 0 Å². The topological polar surface area (TPSA) is 52.0 Å². The van der Waals surface area contributed by atoms with Crippen molar-refractivity contribution in [1.82, 2.24) is 0 Å². The first-order valence-corrected chi connectivity index (χ1v) is 3.23. The van der Waals surface area contributed by atoms with E-state index in [0.29, 0.717) is 6.54 Å². The SMILES string of the molecule is C=CCN.NC1=CC=CC1. The molecule has 0 radical (unpaired) electrons. The van der Waals surface area contributed by atoms with Crippen molar-refractivity contribution in [1.29, 1.82) is 0 Å². The molecule has 1 rings (SSSR count). The molecule has 10 heavy (non-hydrogen) atoms. The predicted molar refractivity (Wildman–Crippen MR) is 45.3 cm³/mol. The number of allylic oxidation sites excluding steroid dienone is 3. The van der Waals surface area contributed by atoms with E-state index in [-0.39, 0.29) is 0 Å².